The lowest BCUT2D eigenvalue weighted by Gasteiger charge is -2.22. The summed E-state index contributed by atoms with van der Waals surface area (Å²) in [6, 6.07) is 8.76. The first-order valence-corrected chi connectivity index (χ1v) is 9.92. The van der Waals surface area contributed by atoms with Crippen LogP contribution in [0.15, 0.2) is 35.1 Å². The maximum atomic E-state index is 12.8. The topological polar surface area (TPSA) is 88.8 Å². The molecule has 0 aliphatic carbocycles. The van der Waals surface area contributed by atoms with Crippen LogP contribution in [0.2, 0.25) is 0 Å². The maximum absolute atomic E-state index is 12.8. The predicted octanol–water partition coefficient (Wildman–Crippen LogP) is 1.75. The van der Waals surface area contributed by atoms with Gasteiger partial charge in [-0.15, -0.1) is 5.10 Å². The molecule has 146 valence electrons. The van der Waals surface area contributed by atoms with Crippen molar-refractivity contribution < 1.29 is 9.53 Å². The van der Waals surface area contributed by atoms with Crippen LogP contribution in [0.5, 0.6) is 5.75 Å². The Bertz CT molecular complexity index is 1080. The van der Waals surface area contributed by atoms with Crippen LogP contribution in [0.1, 0.15) is 24.1 Å². The Hall–Kier alpha value is -2.94. The van der Waals surface area contributed by atoms with Crippen LogP contribution in [0.25, 0.3) is 4.96 Å². The molecular weight excluding hydrogens is 378 g/mol. The molecule has 0 spiro atoms. The van der Waals surface area contributed by atoms with Gasteiger partial charge in [0.2, 0.25) is 16.0 Å². The smallest absolute Gasteiger partial charge is 0.275 e. The largest absolute Gasteiger partial charge is 0.496 e. The van der Waals surface area contributed by atoms with E-state index in [9.17, 15) is 9.59 Å². The van der Waals surface area contributed by atoms with Gasteiger partial charge in [-0.3, -0.25) is 9.59 Å². The van der Waals surface area contributed by atoms with Gasteiger partial charge in [-0.25, -0.2) is 4.98 Å². The summed E-state index contributed by atoms with van der Waals surface area (Å²) in [5.74, 6) is 0.692. The highest BCUT2D eigenvalue weighted by Gasteiger charge is 2.33. The van der Waals surface area contributed by atoms with Crippen molar-refractivity contribution in [1.29, 1.82) is 0 Å². The van der Waals surface area contributed by atoms with Gasteiger partial charge in [0.1, 0.15) is 11.8 Å². The zero-order chi connectivity index (χ0) is 19.7. The summed E-state index contributed by atoms with van der Waals surface area (Å²) in [6.45, 7) is 2.90. The number of aromatic nitrogens is 3. The molecule has 2 aromatic heterocycles. The molecule has 8 nitrogen and oxygen atoms in total. The summed E-state index contributed by atoms with van der Waals surface area (Å²) < 4.78 is 6.64. The number of rotatable bonds is 5. The minimum atomic E-state index is -0.313. The number of methoxy groups -OCH3 is 1. The van der Waals surface area contributed by atoms with Gasteiger partial charge in [0.05, 0.1) is 7.11 Å². The first-order chi connectivity index (χ1) is 13.6. The standard InChI is InChI=1S/C19H21N5O3S/c1-12-10-16(25)24-18(21-12)28-19(22-24)23-9-5-7-14(23)17(26)20-11-13-6-3-4-8-15(13)27-2/h3-4,6,8,10,14H,5,7,9,11H2,1-2H3,(H,20,26). The fourth-order valence-electron chi connectivity index (χ4n) is 3.44. The monoisotopic (exact) mass is 399 g/mol. The summed E-state index contributed by atoms with van der Waals surface area (Å²) in [7, 11) is 1.62. The molecule has 0 saturated carbocycles. The van der Waals surface area contributed by atoms with Crippen molar-refractivity contribution in [2.75, 3.05) is 18.6 Å². The number of aryl methyl sites for hydroxylation is 1. The van der Waals surface area contributed by atoms with Crippen molar-refractivity contribution >= 4 is 27.3 Å². The van der Waals surface area contributed by atoms with Gasteiger partial charge in [0, 0.05) is 30.4 Å². The van der Waals surface area contributed by atoms with Crippen LogP contribution in [0, 0.1) is 6.92 Å². The van der Waals surface area contributed by atoms with Crippen molar-refractivity contribution in [3.63, 3.8) is 0 Å². The van der Waals surface area contributed by atoms with E-state index in [0.717, 1.165) is 30.7 Å². The summed E-state index contributed by atoms with van der Waals surface area (Å²) in [6.07, 6.45) is 1.64. The normalized spacial score (nSPS) is 16.5. The lowest BCUT2D eigenvalue weighted by Crippen LogP contribution is -2.43. The first-order valence-electron chi connectivity index (χ1n) is 9.10. The molecule has 0 bridgehead atoms. The van der Waals surface area contributed by atoms with Crippen LogP contribution < -0.4 is 20.5 Å². The van der Waals surface area contributed by atoms with Gasteiger partial charge >= 0.3 is 0 Å². The van der Waals surface area contributed by atoms with Gasteiger partial charge in [0.25, 0.3) is 5.56 Å². The molecule has 1 fully saturated rings. The lowest BCUT2D eigenvalue weighted by molar-refractivity contribution is -0.122. The molecule has 28 heavy (non-hydrogen) atoms. The highest BCUT2D eigenvalue weighted by Crippen LogP contribution is 2.29. The lowest BCUT2D eigenvalue weighted by atomic mass is 10.1. The molecular formula is C19H21N5O3S. The van der Waals surface area contributed by atoms with E-state index < -0.39 is 0 Å². The number of hydrogen-bond acceptors (Lipinski definition) is 7. The Morgan fingerprint density at radius 3 is 3.04 bits per heavy atom. The van der Waals surface area contributed by atoms with Gasteiger partial charge in [-0.1, -0.05) is 29.5 Å². The first kappa shape index (κ1) is 18.4. The summed E-state index contributed by atoms with van der Waals surface area (Å²) in [4.78, 5) is 31.8. The average Bonchev–Trinajstić information content (AvgIpc) is 3.33. The number of carbonyl (C=O) groups is 1. The van der Waals surface area contributed by atoms with Gasteiger partial charge in [-0.2, -0.15) is 4.52 Å². The van der Waals surface area contributed by atoms with E-state index in [4.69, 9.17) is 4.74 Å². The number of ether oxygens (including phenoxy) is 1. The number of anilines is 1. The molecule has 1 aliphatic heterocycles. The summed E-state index contributed by atoms with van der Waals surface area (Å²) in [5.41, 5.74) is 1.38. The van der Waals surface area contributed by atoms with Crippen molar-refractivity contribution in [3.8, 4) is 5.75 Å². The van der Waals surface area contributed by atoms with E-state index in [1.54, 1.807) is 14.0 Å². The Kier molecular flexibility index (Phi) is 4.99. The van der Waals surface area contributed by atoms with E-state index in [-0.39, 0.29) is 17.5 Å². The minimum Gasteiger partial charge on any atom is -0.496 e. The molecule has 1 unspecified atom stereocenters. The third-order valence-corrected chi connectivity index (χ3v) is 5.75. The van der Waals surface area contributed by atoms with Crippen molar-refractivity contribution in [2.24, 2.45) is 0 Å². The van der Waals surface area contributed by atoms with Gasteiger partial charge < -0.3 is 15.0 Å². The Labute approximate surface area is 165 Å². The molecule has 1 aromatic carbocycles. The van der Waals surface area contributed by atoms with E-state index >= 15 is 0 Å². The zero-order valence-electron chi connectivity index (χ0n) is 15.7. The van der Waals surface area contributed by atoms with Gasteiger partial charge in [-0.05, 0) is 25.8 Å². The Balaban J connectivity index is 1.52. The number of benzene rings is 1. The number of fused-ring (bicyclic) bond motifs is 1. The number of amides is 1. The molecule has 1 aliphatic rings. The average molecular weight is 399 g/mol. The second-order valence-electron chi connectivity index (χ2n) is 6.70. The van der Waals surface area contributed by atoms with Gasteiger partial charge in [0.15, 0.2) is 0 Å². The molecule has 3 aromatic rings. The predicted molar refractivity (Wildman–Crippen MR) is 107 cm³/mol. The molecule has 1 N–H and O–H groups in total. The van der Waals surface area contributed by atoms with E-state index in [2.05, 4.69) is 15.4 Å². The molecule has 1 atom stereocenters. The van der Waals surface area contributed by atoms with E-state index in [1.165, 1.54) is 21.9 Å². The fourth-order valence-corrected chi connectivity index (χ4v) is 4.47. The minimum absolute atomic E-state index is 0.0563. The van der Waals surface area contributed by atoms with Crippen LogP contribution in [-0.2, 0) is 11.3 Å². The quantitative estimate of drug-likeness (QED) is 0.703. The molecule has 3 heterocycles. The Morgan fingerprint density at radius 2 is 2.21 bits per heavy atom. The molecule has 9 heteroatoms. The van der Waals surface area contributed by atoms with E-state index in [0.29, 0.717) is 22.3 Å². The van der Waals surface area contributed by atoms with Crippen LogP contribution in [-0.4, -0.2) is 40.2 Å². The van der Waals surface area contributed by atoms with Crippen LogP contribution >= 0.6 is 11.3 Å². The highest BCUT2D eigenvalue weighted by atomic mass is 32.1. The van der Waals surface area contributed by atoms with E-state index in [1.807, 2.05) is 29.2 Å². The molecule has 0 radical (unpaired) electrons. The third-order valence-electron chi connectivity index (χ3n) is 4.81. The van der Waals surface area contributed by atoms with Crippen molar-refractivity contribution in [1.82, 2.24) is 19.9 Å². The Morgan fingerprint density at radius 1 is 1.39 bits per heavy atom. The van der Waals surface area contributed by atoms with Crippen LogP contribution in [0.3, 0.4) is 0 Å². The summed E-state index contributed by atoms with van der Waals surface area (Å²) in [5, 5.41) is 8.05. The van der Waals surface area contributed by atoms with Crippen LogP contribution in [0.4, 0.5) is 5.13 Å². The SMILES string of the molecule is COc1ccccc1CNC(=O)C1CCCN1c1nn2c(=O)cc(C)nc2s1. The van der Waals surface area contributed by atoms with Crippen molar-refractivity contribution in [2.45, 2.75) is 32.4 Å². The zero-order valence-corrected chi connectivity index (χ0v) is 16.5. The highest BCUT2D eigenvalue weighted by molar-refractivity contribution is 7.20. The summed E-state index contributed by atoms with van der Waals surface area (Å²) >= 11 is 1.33. The molecule has 4 rings (SSSR count). The van der Waals surface area contributed by atoms with Crippen molar-refractivity contribution in [3.05, 3.63) is 51.9 Å². The fraction of sp³-hybridized carbons (Fsp3) is 0.368. The number of hydrogen-bond donors (Lipinski definition) is 1. The third kappa shape index (κ3) is 3.45. The maximum Gasteiger partial charge on any atom is 0.275 e. The number of nitrogens with one attached hydrogen (secondary N) is 1. The number of nitrogens with zero attached hydrogens (tertiary/aromatic N) is 4. The second-order valence-corrected chi connectivity index (χ2v) is 7.63. The number of carbonyl (C=O) groups excluding carboxylic acids is 1. The molecule has 1 saturated heterocycles. The second kappa shape index (κ2) is 7.59. The number of para-hydroxylation sites is 1. The molecule has 1 amide bonds.